The van der Waals surface area contributed by atoms with Crippen LogP contribution < -0.4 is 10.1 Å². The van der Waals surface area contributed by atoms with Crippen molar-refractivity contribution < 1.29 is 29.0 Å². The molecule has 4 rings (SSSR count). The Hall–Kier alpha value is -3.94. The van der Waals surface area contributed by atoms with Gasteiger partial charge in [0.25, 0.3) is 11.8 Å². The molecule has 2 aromatic rings. The van der Waals surface area contributed by atoms with Crippen molar-refractivity contribution in [2.75, 3.05) is 0 Å². The molecule has 4 amide bonds. The molecule has 2 fully saturated rings. The van der Waals surface area contributed by atoms with Gasteiger partial charge in [-0.25, -0.2) is 9.59 Å². The minimum Gasteiger partial charge on any atom is -0.488 e. The summed E-state index contributed by atoms with van der Waals surface area (Å²) in [7, 11) is 0. The zero-order chi connectivity index (χ0) is 22.7. The molecular weight excluding hydrogens is 412 g/mol. The molecule has 2 aliphatic rings. The third-order valence-electron chi connectivity index (χ3n) is 5.64. The third-order valence-corrected chi connectivity index (χ3v) is 5.64. The Kier molecular flexibility index (Phi) is 6.02. The number of nitrogens with zero attached hydrogens (tertiary/aromatic N) is 1. The van der Waals surface area contributed by atoms with Gasteiger partial charge < -0.3 is 9.84 Å². The Morgan fingerprint density at radius 3 is 2.44 bits per heavy atom. The van der Waals surface area contributed by atoms with Crippen molar-refractivity contribution in [1.29, 1.82) is 0 Å². The molecule has 2 N–H and O–H groups in total. The normalized spacial score (nSPS) is 18.2. The van der Waals surface area contributed by atoms with Crippen molar-refractivity contribution in [1.82, 2.24) is 10.2 Å². The maximum Gasteiger partial charge on any atom is 0.335 e. The summed E-state index contributed by atoms with van der Waals surface area (Å²) >= 11 is 0. The van der Waals surface area contributed by atoms with E-state index in [0.29, 0.717) is 11.3 Å². The van der Waals surface area contributed by atoms with Crippen LogP contribution in [-0.2, 0) is 16.2 Å². The summed E-state index contributed by atoms with van der Waals surface area (Å²) in [4.78, 5) is 49.8. The Bertz CT molecular complexity index is 1100. The fourth-order valence-corrected chi connectivity index (χ4v) is 3.96. The molecular formula is C24H22N2O6. The van der Waals surface area contributed by atoms with Gasteiger partial charge in [-0.3, -0.25) is 19.8 Å². The molecule has 8 nitrogen and oxygen atoms in total. The smallest absolute Gasteiger partial charge is 0.335 e. The van der Waals surface area contributed by atoms with Crippen molar-refractivity contribution in [2.24, 2.45) is 0 Å². The number of carbonyl (C=O) groups excluding carboxylic acids is 3. The van der Waals surface area contributed by atoms with Crippen molar-refractivity contribution in [2.45, 2.75) is 38.3 Å². The van der Waals surface area contributed by atoms with Crippen LogP contribution in [-0.4, -0.2) is 39.9 Å². The molecule has 1 heterocycles. The van der Waals surface area contributed by atoms with Crippen LogP contribution in [0.3, 0.4) is 0 Å². The number of benzene rings is 2. The van der Waals surface area contributed by atoms with Gasteiger partial charge in [0, 0.05) is 11.6 Å². The zero-order valence-corrected chi connectivity index (χ0v) is 17.2. The summed E-state index contributed by atoms with van der Waals surface area (Å²) in [5, 5.41) is 11.3. The lowest BCUT2D eigenvalue weighted by Gasteiger charge is -2.31. The largest absolute Gasteiger partial charge is 0.488 e. The van der Waals surface area contributed by atoms with E-state index in [1.54, 1.807) is 36.4 Å². The fourth-order valence-electron chi connectivity index (χ4n) is 3.96. The summed E-state index contributed by atoms with van der Waals surface area (Å²) in [6.07, 6.45) is 4.80. The topological polar surface area (TPSA) is 113 Å². The van der Waals surface area contributed by atoms with Gasteiger partial charge in [-0.1, -0.05) is 43.2 Å². The molecule has 0 spiro atoms. The van der Waals surface area contributed by atoms with Crippen LogP contribution in [0.15, 0.2) is 54.1 Å². The number of aromatic carboxylic acids is 1. The average Bonchev–Trinajstić information content (AvgIpc) is 3.30. The van der Waals surface area contributed by atoms with E-state index in [-0.39, 0.29) is 23.8 Å². The van der Waals surface area contributed by atoms with Gasteiger partial charge in [-0.05, 0) is 42.7 Å². The van der Waals surface area contributed by atoms with E-state index >= 15 is 0 Å². The molecule has 0 aromatic heterocycles. The molecule has 0 unspecified atom stereocenters. The maximum atomic E-state index is 13.0. The van der Waals surface area contributed by atoms with Crippen molar-refractivity contribution in [3.8, 4) is 5.75 Å². The molecule has 0 bridgehead atoms. The number of carboxylic acids is 1. The molecule has 1 saturated heterocycles. The number of nitrogens with one attached hydrogen (secondary N) is 1. The first-order chi connectivity index (χ1) is 15.4. The van der Waals surface area contributed by atoms with E-state index in [1.165, 1.54) is 18.2 Å². The van der Waals surface area contributed by atoms with Gasteiger partial charge in [0.2, 0.25) is 0 Å². The van der Waals surface area contributed by atoms with Crippen LogP contribution in [0.1, 0.15) is 47.2 Å². The number of carboxylic acid groups (broad SMARTS) is 1. The monoisotopic (exact) mass is 434 g/mol. The van der Waals surface area contributed by atoms with Crippen molar-refractivity contribution >= 4 is 29.9 Å². The summed E-state index contributed by atoms with van der Waals surface area (Å²) in [6.45, 7) is 0.174. The number of urea groups is 1. The number of barbiturate groups is 1. The lowest BCUT2D eigenvalue weighted by molar-refractivity contribution is -0.131. The predicted octanol–water partition coefficient (Wildman–Crippen LogP) is 3.37. The van der Waals surface area contributed by atoms with Gasteiger partial charge >= 0.3 is 12.0 Å². The molecule has 0 atom stereocenters. The Morgan fingerprint density at radius 2 is 1.75 bits per heavy atom. The number of rotatable bonds is 6. The molecule has 2 aromatic carbocycles. The van der Waals surface area contributed by atoms with Crippen LogP contribution in [0.2, 0.25) is 0 Å². The predicted molar refractivity (Wildman–Crippen MR) is 115 cm³/mol. The lowest BCUT2D eigenvalue weighted by atomic mass is 10.0. The standard InChI is InChI=1S/C24H22N2O6/c27-21-19(22(28)26(24(31)25-21)18-6-2-3-7-18)13-17-5-1-4-8-20(17)32-14-15-9-11-16(12-10-15)23(29)30/h1,4-5,8-13,18H,2-3,6-7,14H2,(H,29,30)(H,25,27,31)/b19-13+. The van der Waals surface area contributed by atoms with E-state index in [2.05, 4.69) is 5.32 Å². The van der Waals surface area contributed by atoms with Gasteiger partial charge in [-0.2, -0.15) is 0 Å². The first kappa shape index (κ1) is 21.3. The Morgan fingerprint density at radius 1 is 1.06 bits per heavy atom. The van der Waals surface area contributed by atoms with Crippen molar-refractivity contribution in [3.05, 3.63) is 70.8 Å². The highest BCUT2D eigenvalue weighted by Gasteiger charge is 2.40. The Balaban J connectivity index is 1.55. The number of ether oxygens (including phenoxy) is 1. The van der Waals surface area contributed by atoms with Crippen LogP contribution in [0.5, 0.6) is 5.75 Å². The first-order valence-electron chi connectivity index (χ1n) is 10.4. The molecule has 1 saturated carbocycles. The van der Waals surface area contributed by atoms with E-state index in [0.717, 1.165) is 36.1 Å². The number of hydrogen-bond acceptors (Lipinski definition) is 5. The minimum absolute atomic E-state index is 0.113. The molecule has 1 aliphatic carbocycles. The summed E-state index contributed by atoms with van der Waals surface area (Å²) in [6, 6.07) is 12.4. The minimum atomic E-state index is -1.00. The number of amides is 4. The molecule has 164 valence electrons. The quantitative estimate of drug-likeness (QED) is 0.532. The summed E-state index contributed by atoms with van der Waals surface area (Å²) in [5.41, 5.74) is 1.36. The average molecular weight is 434 g/mol. The van der Waals surface area contributed by atoms with Gasteiger partial charge in [0.1, 0.15) is 17.9 Å². The van der Waals surface area contributed by atoms with Crippen LogP contribution in [0, 0.1) is 0 Å². The molecule has 32 heavy (non-hydrogen) atoms. The number of para-hydroxylation sites is 1. The van der Waals surface area contributed by atoms with Gasteiger partial charge in [0.05, 0.1) is 5.56 Å². The Labute approximate surface area is 184 Å². The number of imide groups is 2. The molecule has 8 heteroatoms. The second kappa shape index (κ2) is 9.05. The van der Waals surface area contributed by atoms with Crippen LogP contribution in [0.25, 0.3) is 6.08 Å². The van der Waals surface area contributed by atoms with Crippen LogP contribution >= 0.6 is 0 Å². The third kappa shape index (κ3) is 4.39. The first-order valence-corrected chi connectivity index (χ1v) is 10.4. The highest BCUT2D eigenvalue weighted by atomic mass is 16.5. The van der Waals surface area contributed by atoms with Gasteiger partial charge in [0.15, 0.2) is 0 Å². The van der Waals surface area contributed by atoms with Gasteiger partial charge in [-0.15, -0.1) is 0 Å². The fraction of sp³-hybridized carbons (Fsp3) is 0.250. The van der Waals surface area contributed by atoms with E-state index in [9.17, 15) is 19.2 Å². The molecule has 0 radical (unpaired) electrons. The van der Waals surface area contributed by atoms with E-state index in [1.807, 2.05) is 0 Å². The number of carbonyl (C=O) groups is 4. The second-order valence-electron chi connectivity index (χ2n) is 7.76. The van der Waals surface area contributed by atoms with E-state index in [4.69, 9.17) is 9.84 Å². The summed E-state index contributed by atoms with van der Waals surface area (Å²) in [5.74, 6) is -1.87. The van der Waals surface area contributed by atoms with Crippen LogP contribution in [0.4, 0.5) is 4.79 Å². The SMILES string of the molecule is O=C1NC(=O)N(C2CCCC2)C(=O)/C1=C/c1ccccc1OCc1ccc(C(=O)O)cc1. The highest BCUT2D eigenvalue weighted by Crippen LogP contribution is 2.28. The highest BCUT2D eigenvalue weighted by molar-refractivity contribution is 6.31. The second-order valence-corrected chi connectivity index (χ2v) is 7.76. The lowest BCUT2D eigenvalue weighted by Crippen LogP contribution is -2.57. The van der Waals surface area contributed by atoms with E-state index < -0.39 is 23.8 Å². The zero-order valence-electron chi connectivity index (χ0n) is 17.2. The maximum absolute atomic E-state index is 13.0. The molecule has 1 aliphatic heterocycles. The van der Waals surface area contributed by atoms with Crippen molar-refractivity contribution in [3.63, 3.8) is 0 Å². The summed E-state index contributed by atoms with van der Waals surface area (Å²) < 4.78 is 5.87. The number of hydrogen-bond donors (Lipinski definition) is 2.